The molecule has 0 bridgehead atoms. The van der Waals surface area contributed by atoms with Gasteiger partial charge in [-0.15, -0.1) is 0 Å². The van der Waals surface area contributed by atoms with E-state index < -0.39 is 0 Å². The summed E-state index contributed by atoms with van der Waals surface area (Å²) in [6, 6.07) is 0. The molecule has 1 amide bonds. The monoisotopic (exact) mass is 229 g/mol. The van der Waals surface area contributed by atoms with E-state index in [4.69, 9.17) is 0 Å². The van der Waals surface area contributed by atoms with Crippen molar-refractivity contribution in [1.29, 1.82) is 0 Å². The van der Waals surface area contributed by atoms with Crippen LogP contribution in [0.4, 0.5) is 0 Å². The van der Waals surface area contributed by atoms with Crippen molar-refractivity contribution in [1.82, 2.24) is 4.90 Å². The van der Waals surface area contributed by atoms with Gasteiger partial charge < -0.3 is 4.90 Å². The van der Waals surface area contributed by atoms with E-state index in [9.17, 15) is 4.79 Å². The smallest absolute Gasteiger partial charge is 0.227 e. The number of amides is 1. The molecule has 0 N–H and O–H groups in total. The molecule has 0 unspecified atom stereocenters. The molecule has 2 heteroatoms. The SMILES string of the molecule is C.CCCCN(CCCC)C(=O)C(C)(C)C. The zero-order valence-electron chi connectivity index (χ0n) is 11.1. The quantitative estimate of drug-likeness (QED) is 0.671. The summed E-state index contributed by atoms with van der Waals surface area (Å²) in [6.45, 7) is 12.2. The first-order chi connectivity index (χ1) is 6.93. The van der Waals surface area contributed by atoms with Gasteiger partial charge >= 0.3 is 0 Å². The van der Waals surface area contributed by atoms with Crippen LogP contribution in [0, 0.1) is 5.41 Å². The molecule has 0 saturated heterocycles. The highest BCUT2D eigenvalue weighted by atomic mass is 16.2. The van der Waals surface area contributed by atoms with E-state index in [0.717, 1.165) is 38.8 Å². The Labute approximate surface area is 102 Å². The lowest BCUT2D eigenvalue weighted by atomic mass is 9.94. The van der Waals surface area contributed by atoms with Crippen LogP contribution in [0.15, 0.2) is 0 Å². The summed E-state index contributed by atoms with van der Waals surface area (Å²) in [7, 11) is 0. The van der Waals surface area contributed by atoms with Crippen molar-refractivity contribution in [2.24, 2.45) is 5.41 Å². The number of hydrogen-bond acceptors (Lipinski definition) is 1. The van der Waals surface area contributed by atoms with Gasteiger partial charge in [0.15, 0.2) is 0 Å². The van der Waals surface area contributed by atoms with Crippen LogP contribution in [0.25, 0.3) is 0 Å². The average Bonchev–Trinajstić information content (AvgIpc) is 2.16. The molecule has 0 saturated carbocycles. The van der Waals surface area contributed by atoms with Crippen LogP contribution < -0.4 is 0 Å². The predicted octanol–water partition coefficient (Wildman–Crippen LogP) is 4.10. The molecule has 98 valence electrons. The minimum atomic E-state index is -0.235. The molecule has 0 aromatic rings. The fraction of sp³-hybridized carbons (Fsp3) is 0.929. The zero-order valence-corrected chi connectivity index (χ0v) is 11.1. The summed E-state index contributed by atoms with van der Waals surface area (Å²) < 4.78 is 0. The fourth-order valence-corrected chi connectivity index (χ4v) is 1.49. The van der Waals surface area contributed by atoms with Crippen molar-refractivity contribution in [2.45, 2.75) is 67.7 Å². The van der Waals surface area contributed by atoms with Crippen LogP contribution in [0.3, 0.4) is 0 Å². The van der Waals surface area contributed by atoms with Gasteiger partial charge in [0.2, 0.25) is 5.91 Å². The number of rotatable bonds is 6. The summed E-state index contributed by atoms with van der Waals surface area (Å²) in [6.07, 6.45) is 4.54. The van der Waals surface area contributed by atoms with E-state index in [2.05, 4.69) is 13.8 Å². The Morgan fingerprint density at radius 3 is 1.62 bits per heavy atom. The van der Waals surface area contributed by atoms with Crippen molar-refractivity contribution < 1.29 is 4.79 Å². The highest BCUT2D eigenvalue weighted by Crippen LogP contribution is 2.18. The van der Waals surface area contributed by atoms with Crippen molar-refractivity contribution >= 4 is 5.91 Å². The van der Waals surface area contributed by atoms with Crippen LogP contribution in [0.2, 0.25) is 0 Å². The van der Waals surface area contributed by atoms with Crippen molar-refractivity contribution in [3.63, 3.8) is 0 Å². The number of nitrogens with zero attached hydrogens (tertiary/aromatic N) is 1. The summed E-state index contributed by atoms with van der Waals surface area (Å²) in [5, 5.41) is 0. The molecule has 2 nitrogen and oxygen atoms in total. The third-order valence-corrected chi connectivity index (χ3v) is 2.49. The molecule has 0 aromatic carbocycles. The molecule has 0 aliphatic heterocycles. The maximum atomic E-state index is 12.1. The standard InChI is InChI=1S/C13H27NO.CH4/c1-6-8-10-14(11-9-7-2)12(15)13(3,4)5;/h6-11H2,1-5H3;1H4. The molecule has 0 fully saturated rings. The number of unbranched alkanes of at least 4 members (excludes halogenated alkanes) is 2. The Bertz CT molecular complexity index is 174. The minimum Gasteiger partial charge on any atom is -0.342 e. The van der Waals surface area contributed by atoms with E-state index in [0.29, 0.717) is 5.91 Å². The second-order valence-corrected chi connectivity index (χ2v) is 5.25. The molecule has 0 aromatic heterocycles. The Morgan fingerprint density at radius 1 is 1.00 bits per heavy atom. The minimum absolute atomic E-state index is 0. The number of carbonyl (C=O) groups is 1. The lowest BCUT2D eigenvalue weighted by molar-refractivity contribution is -0.139. The van der Waals surface area contributed by atoms with Crippen LogP contribution in [-0.2, 0) is 4.79 Å². The number of hydrogen-bond donors (Lipinski definition) is 0. The normalized spacial score (nSPS) is 10.8. The van der Waals surface area contributed by atoms with Crippen molar-refractivity contribution in [3.05, 3.63) is 0 Å². The van der Waals surface area contributed by atoms with E-state index in [-0.39, 0.29) is 12.8 Å². The molecular formula is C14H31NO. The van der Waals surface area contributed by atoms with Gasteiger partial charge in [-0.05, 0) is 12.8 Å². The lowest BCUT2D eigenvalue weighted by Gasteiger charge is -2.29. The Balaban J connectivity index is 0. The maximum absolute atomic E-state index is 12.1. The highest BCUT2D eigenvalue weighted by molar-refractivity contribution is 5.81. The van der Waals surface area contributed by atoms with Gasteiger partial charge in [0, 0.05) is 18.5 Å². The first-order valence-corrected chi connectivity index (χ1v) is 6.22. The molecule has 0 rings (SSSR count). The molecule has 0 atom stereocenters. The first kappa shape index (κ1) is 17.9. The van der Waals surface area contributed by atoms with Crippen LogP contribution in [0.1, 0.15) is 67.7 Å². The third-order valence-electron chi connectivity index (χ3n) is 2.49. The molecule has 0 spiro atoms. The van der Waals surface area contributed by atoms with Gasteiger partial charge in [-0.25, -0.2) is 0 Å². The average molecular weight is 229 g/mol. The summed E-state index contributed by atoms with van der Waals surface area (Å²) >= 11 is 0. The first-order valence-electron chi connectivity index (χ1n) is 6.22. The van der Waals surface area contributed by atoms with Gasteiger partial charge in [-0.3, -0.25) is 4.79 Å². The highest BCUT2D eigenvalue weighted by Gasteiger charge is 2.26. The van der Waals surface area contributed by atoms with E-state index in [1.54, 1.807) is 0 Å². The van der Waals surface area contributed by atoms with Crippen LogP contribution in [-0.4, -0.2) is 23.9 Å². The third kappa shape index (κ3) is 6.86. The Kier molecular flexibility index (Phi) is 9.60. The molecule has 0 radical (unpaired) electrons. The van der Waals surface area contributed by atoms with Gasteiger partial charge in [0.05, 0.1) is 0 Å². The van der Waals surface area contributed by atoms with Crippen molar-refractivity contribution in [2.75, 3.05) is 13.1 Å². The zero-order chi connectivity index (χ0) is 11.9. The summed E-state index contributed by atoms with van der Waals surface area (Å²) in [5.74, 6) is 0.296. The molecule has 16 heavy (non-hydrogen) atoms. The molecular weight excluding hydrogens is 198 g/mol. The van der Waals surface area contributed by atoms with E-state index in [1.165, 1.54) is 0 Å². The Hall–Kier alpha value is -0.530. The summed E-state index contributed by atoms with van der Waals surface area (Å²) in [4.78, 5) is 14.1. The van der Waals surface area contributed by atoms with Gasteiger partial charge in [-0.2, -0.15) is 0 Å². The van der Waals surface area contributed by atoms with E-state index >= 15 is 0 Å². The van der Waals surface area contributed by atoms with Gasteiger partial charge in [-0.1, -0.05) is 54.9 Å². The number of carbonyl (C=O) groups excluding carboxylic acids is 1. The largest absolute Gasteiger partial charge is 0.342 e. The summed E-state index contributed by atoms with van der Waals surface area (Å²) in [5.41, 5.74) is -0.235. The van der Waals surface area contributed by atoms with Crippen LogP contribution in [0.5, 0.6) is 0 Å². The predicted molar refractivity (Wildman–Crippen MR) is 72.6 cm³/mol. The molecule has 0 aliphatic carbocycles. The van der Waals surface area contributed by atoms with Gasteiger partial charge in [0.1, 0.15) is 0 Å². The lowest BCUT2D eigenvalue weighted by Crippen LogP contribution is -2.40. The fourth-order valence-electron chi connectivity index (χ4n) is 1.49. The second-order valence-electron chi connectivity index (χ2n) is 5.25. The van der Waals surface area contributed by atoms with Crippen LogP contribution >= 0.6 is 0 Å². The van der Waals surface area contributed by atoms with E-state index in [1.807, 2.05) is 25.7 Å². The second kappa shape index (κ2) is 8.60. The molecule has 0 heterocycles. The van der Waals surface area contributed by atoms with Gasteiger partial charge in [0.25, 0.3) is 0 Å². The topological polar surface area (TPSA) is 20.3 Å². The molecule has 0 aliphatic rings. The Morgan fingerprint density at radius 2 is 1.38 bits per heavy atom. The van der Waals surface area contributed by atoms with Crippen molar-refractivity contribution in [3.8, 4) is 0 Å². The maximum Gasteiger partial charge on any atom is 0.227 e.